The highest BCUT2D eigenvalue weighted by atomic mass is 35.5. The fraction of sp³-hybridized carbons (Fsp3) is 0.257. The van der Waals surface area contributed by atoms with Gasteiger partial charge in [-0.3, -0.25) is 13.9 Å². The highest BCUT2D eigenvalue weighted by molar-refractivity contribution is 7.92. The summed E-state index contributed by atoms with van der Waals surface area (Å²) in [6, 6.07) is 26.7. The molecule has 1 N–H and O–H groups in total. The van der Waals surface area contributed by atoms with E-state index < -0.39 is 40.2 Å². The molecule has 1 atom stereocenters. The monoisotopic (exact) mass is 649 g/mol. The number of anilines is 1. The molecule has 0 saturated heterocycles. The average molecular weight is 650 g/mol. The van der Waals surface area contributed by atoms with Gasteiger partial charge in [-0.15, -0.1) is 0 Å². The number of carbonyl (C=O) groups is 2. The Labute approximate surface area is 269 Å². The van der Waals surface area contributed by atoms with Gasteiger partial charge in [0, 0.05) is 30.1 Å². The first-order chi connectivity index (χ1) is 21.5. The zero-order valence-electron chi connectivity index (χ0n) is 25.5. The summed E-state index contributed by atoms with van der Waals surface area (Å²) in [4.78, 5) is 29.5. The number of amides is 2. The van der Waals surface area contributed by atoms with Gasteiger partial charge in [-0.25, -0.2) is 12.8 Å². The van der Waals surface area contributed by atoms with Crippen molar-refractivity contribution in [3.05, 3.63) is 131 Å². The van der Waals surface area contributed by atoms with E-state index in [4.69, 9.17) is 11.6 Å². The number of rotatable bonds is 13. The lowest BCUT2D eigenvalue weighted by atomic mass is 10.0. The molecule has 10 heteroatoms. The van der Waals surface area contributed by atoms with Crippen LogP contribution in [0.4, 0.5) is 10.1 Å². The molecule has 4 aromatic carbocycles. The molecule has 0 aliphatic heterocycles. The van der Waals surface area contributed by atoms with Gasteiger partial charge in [0.1, 0.15) is 18.4 Å². The Morgan fingerprint density at radius 2 is 1.49 bits per heavy atom. The minimum Gasteiger partial charge on any atom is -0.354 e. The standard InChI is InChI=1S/C35H37ClFN3O4S/c1-25(2)22-38-35(42)33(21-27-13-6-4-7-14-27)39(23-28-15-10-11-19-31(28)37)34(41)24-40(32-20-12-18-30(36)26(32)3)45(43,44)29-16-8-5-9-17-29/h4-20,25,33H,21-24H2,1-3H3,(H,38,42)/t33-/m1/s1. The van der Waals surface area contributed by atoms with E-state index in [0.717, 1.165) is 9.87 Å². The van der Waals surface area contributed by atoms with Crippen LogP contribution < -0.4 is 9.62 Å². The van der Waals surface area contributed by atoms with Gasteiger partial charge in [0.25, 0.3) is 10.0 Å². The largest absolute Gasteiger partial charge is 0.354 e. The molecule has 0 saturated carbocycles. The lowest BCUT2D eigenvalue weighted by Crippen LogP contribution is -2.54. The molecule has 0 heterocycles. The SMILES string of the molecule is Cc1c(Cl)cccc1N(CC(=O)N(Cc1ccccc1F)[C@H](Cc1ccccc1)C(=O)NCC(C)C)S(=O)(=O)c1ccccc1. The molecule has 0 spiro atoms. The zero-order chi connectivity index (χ0) is 32.6. The van der Waals surface area contributed by atoms with E-state index in [2.05, 4.69) is 5.32 Å². The van der Waals surface area contributed by atoms with Crippen LogP contribution in [0, 0.1) is 18.7 Å². The Hall–Kier alpha value is -4.21. The number of sulfonamides is 1. The maximum Gasteiger partial charge on any atom is 0.264 e. The van der Waals surface area contributed by atoms with Crippen LogP contribution in [-0.2, 0) is 32.6 Å². The maximum atomic E-state index is 15.0. The predicted molar refractivity (Wildman–Crippen MR) is 176 cm³/mol. The highest BCUT2D eigenvalue weighted by Gasteiger charge is 2.35. The number of nitrogens with one attached hydrogen (secondary N) is 1. The van der Waals surface area contributed by atoms with Gasteiger partial charge >= 0.3 is 0 Å². The summed E-state index contributed by atoms with van der Waals surface area (Å²) in [5.74, 6) is -1.51. The Kier molecular flexibility index (Phi) is 11.4. The Balaban J connectivity index is 1.83. The van der Waals surface area contributed by atoms with Gasteiger partial charge in [-0.2, -0.15) is 0 Å². The molecular weight excluding hydrogens is 613 g/mol. The van der Waals surface area contributed by atoms with Gasteiger partial charge in [0.15, 0.2) is 0 Å². The number of benzene rings is 4. The van der Waals surface area contributed by atoms with Gasteiger partial charge in [0.05, 0.1) is 10.6 Å². The third-order valence-corrected chi connectivity index (χ3v) is 9.56. The first-order valence-electron chi connectivity index (χ1n) is 14.7. The Morgan fingerprint density at radius 3 is 2.13 bits per heavy atom. The van der Waals surface area contributed by atoms with Crippen LogP contribution in [0.2, 0.25) is 5.02 Å². The molecule has 0 aliphatic rings. The van der Waals surface area contributed by atoms with Crippen LogP contribution in [0.1, 0.15) is 30.5 Å². The van der Waals surface area contributed by atoms with Gasteiger partial charge in [0.2, 0.25) is 11.8 Å². The van der Waals surface area contributed by atoms with Crippen molar-refractivity contribution in [3.63, 3.8) is 0 Å². The molecule has 0 unspecified atom stereocenters. The summed E-state index contributed by atoms with van der Waals surface area (Å²) < 4.78 is 44.3. The molecule has 4 rings (SSSR count). The molecule has 0 aliphatic carbocycles. The first-order valence-corrected chi connectivity index (χ1v) is 16.5. The molecule has 4 aromatic rings. The molecule has 0 aromatic heterocycles. The van der Waals surface area contributed by atoms with Gasteiger partial charge in [-0.1, -0.05) is 98.2 Å². The van der Waals surface area contributed by atoms with Gasteiger partial charge in [-0.05, 0) is 54.3 Å². The van der Waals surface area contributed by atoms with E-state index in [9.17, 15) is 18.0 Å². The maximum absolute atomic E-state index is 15.0. The summed E-state index contributed by atoms with van der Waals surface area (Å²) in [5.41, 5.74) is 1.65. The van der Waals surface area contributed by atoms with E-state index in [1.54, 1.807) is 55.5 Å². The molecule has 7 nitrogen and oxygen atoms in total. The zero-order valence-corrected chi connectivity index (χ0v) is 27.1. The third-order valence-electron chi connectivity index (χ3n) is 7.37. The van der Waals surface area contributed by atoms with Crippen molar-refractivity contribution in [2.45, 2.75) is 44.7 Å². The Morgan fingerprint density at radius 1 is 0.867 bits per heavy atom. The average Bonchev–Trinajstić information content (AvgIpc) is 3.03. The molecule has 45 heavy (non-hydrogen) atoms. The number of nitrogens with zero attached hydrogens (tertiary/aromatic N) is 2. The molecule has 0 fully saturated rings. The van der Waals surface area contributed by atoms with Crippen LogP contribution in [-0.4, -0.2) is 44.3 Å². The van der Waals surface area contributed by atoms with E-state index in [0.29, 0.717) is 17.1 Å². The van der Waals surface area contributed by atoms with Crippen LogP contribution in [0.5, 0.6) is 0 Å². The summed E-state index contributed by atoms with van der Waals surface area (Å²) in [6.45, 7) is 5.02. The van der Waals surface area contributed by atoms with E-state index >= 15 is 4.39 Å². The van der Waals surface area contributed by atoms with E-state index in [-0.39, 0.29) is 35.0 Å². The second-order valence-corrected chi connectivity index (χ2v) is 13.4. The van der Waals surface area contributed by atoms with Crippen molar-refractivity contribution in [1.29, 1.82) is 0 Å². The Bertz CT molecular complexity index is 1720. The molecule has 236 valence electrons. The summed E-state index contributed by atoms with van der Waals surface area (Å²) in [5, 5.41) is 3.25. The lowest BCUT2D eigenvalue weighted by molar-refractivity contribution is -0.140. The lowest BCUT2D eigenvalue weighted by Gasteiger charge is -2.34. The second kappa shape index (κ2) is 15.2. The predicted octanol–water partition coefficient (Wildman–Crippen LogP) is 6.40. The van der Waals surface area contributed by atoms with Crippen LogP contribution in [0.25, 0.3) is 0 Å². The summed E-state index contributed by atoms with van der Waals surface area (Å²) >= 11 is 6.41. The number of hydrogen-bond donors (Lipinski definition) is 1. The van der Waals surface area contributed by atoms with Crippen molar-refractivity contribution in [2.24, 2.45) is 5.92 Å². The number of halogens is 2. The van der Waals surface area contributed by atoms with E-state index in [1.165, 1.54) is 29.2 Å². The van der Waals surface area contributed by atoms with Crippen molar-refractivity contribution in [2.75, 3.05) is 17.4 Å². The highest BCUT2D eigenvalue weighted by Crippen LogP contribution is 2.31. The van der Waals surface area contributed by atoms with Crippen LogP contribution >= 0.6 is 11.6 Å². The third kappa shape index (κ3) is 8.49. The van der Waals surface area contributed by atoms with Crippen LogP contribution in [0.15, 0.2) is 108 Å². The van der Waals surface area contributed by atoms with Crippen molar-refractivity contribution in [3.8, 4) is 0 Å². The minimum atomic E-state index is -4.28. The van der Waals surface area contributed by atoms with Crippen molar-refractivity contribution in [1.82, 2.24) is 10.2 Å². The molecule has 0 radical (unpaired) electrons. The molecule has 0 bridgehead atoms. The molecule has 2 amide bonds. The normalized spacial score (nSPS) is 12.0. The summed E-state index contributed by atoms with van der Waals surface area (Å²) in [6.07, 6.45) is 0.132. The van der Waals surface area contributed by atoms with Crippen molar-refractivity contribution >= 4 is 39.1 Å². The first kappa shape index (κ1) is 33.7. The van der Waals surface area contributed by atoms with Crippen molar-refractivity contribution < 1.29 is 22.4 Å². The minimum absolute atomic E-state index is 0.0201. The quantitative estimate of drug-likeness (QED) is 0.182. The fourth-order valence-electron chi connectivity index (χ4n) is 4.89. The van der Waals surface area contributed by atoms with Crippen LogP contribution in [0.3, 0.4) is 0 Å². The number of carbonyl (C=O) groups excluding carboxylic acids is 2. The summed E-state index contributed by atoms with van der Waals surface area (Å²) in [7, 11) is -4.28. The van der Waals surface area contributed by atoms with Gasteiger partial charge < -0.3 is 10.2 Å². The topological polar surface area (TPSA) is 86.8 Å². The number of hydrogen-bond acceptors (Lipinski definition) is 4. The fourth-order valence-corrected chi connectivity index (χ4v) is 6.55. The van der Waals surface area contributed by atoms with E-state index in [1.807, 2.05) is 44.2 Å². The second-order valence-electron chi connectivity index (χ2n) is 11.2. The molecular formula is C35H37ClFN3O4S. The smallest absolute Gasteiger partial charge is 0.264 e.